The molecular formula is C9H9FO4S. The summed E-state index contributed by atoms with van der Waals surface area (Å²) in [7, 11) is -4.30. The first-order valence-corrected chi connectivity index (χ1v) is 5.69. The smallest absolute Gasteiger partial charge is 0.272 e. The Morgan fingerprint density at radius 3 is 2.60 bits per heavy atom. The highest BCUT2D eigenvalue weighted by Crippen LogP contribution is 2.05. The van der Waals surface area contributed by atoms with E-state index < -0.39 is 27.5 Å². The fraction of sp³-hybridized carbons (Fsp3) is 0.222. The van der Waals surface area contributed by atoms with Gasteiger partial charge in [0.25, 0.3) is 10.1 Å². The lowest BCUT2D eigenvalue weighted by molar-refractivity contribution is -0.116. The molecular weight excluding hydrogens is 223 g/mol. The Morgan fingerprint density at radius 1 is 1.40 bits per heavy atom. The van der Waals surface area contributed by atoms with Gasteiger partial charge in [0.2, 0.25) is 0 Å². The van der Waals surface area contributed by atoms with Crippen LogP contribution in [0.3, 0.4) is 0 Å². The van der Waals surface area contributed by atoms with Gasteiger partial charge >= 0.3 is 0 Å². The summed E-state index contributed by atoms with van der Waals surface area (Å²) in [5.41, 5.74) is 0.378. The first-order valence-electron chi connectivity index (χ1n) is 4.08. The van der Waals surface area contributed by atoms with E-state index in [-0.39, 0.29) is 6.42 Å². The molecule has 82 valence electrons. The van der Waals surface area contributed by atoms with Gasteiger partial charge in [0.05, 0.1) is 0 Å². The van der Waals surface area contributed by atoms with Crippen LogP contribution >= 0.6 is 0 Å². The largest absolute Gasteiger partial charge is 0.298 e. The minimum atomic E-state index is -4.30. The van der Waals surface area contributed by atoms with Crippen LogP contribution in [0, 0.1) is 5.82 Å². The third-order valence-corrected chi connectivity index (χ3v) is 2.32. The van der Waals surface area contributed by atoms with Gasteiger partial charge in [-0.2, -0.15) is 8.42 Å². The maximum atomic E-state index is 12.7. The zero-order valence-electron chi connectivity index (χ0n) is 7.68. The molecule has 0 atom stereocenters. The van der Waals surface area contributed by atoms with Gasteiger partial charge in [-0.3, -0.25) is 9.35 Å². The van der Waals surface area contributed by atoms with Crippen molar-refractivity contribution in [3.05, 3.63) is 35.6 Å². The number of hydrogen-bond donors (Lipinski definition) is 1. The molecule has 1 aromatic rings. The van der Waals surface area contributed by atoms with Crippen LogP contribution in [0.5, 0.6) is 0 Å². The highest BCUT2D eigenvalue weighted by atomic mass is 32.2. The normalized spacial score (nSPS) is 11.3. The average molecular weight is 232 g/mol. The molecule has 15 heavy (non-hydrogen) atoms. The molecule has 1 N–H and O–H groups in total. The summed E-state index contributed by atoms with van der Waals surface area (Å²) < 4.78 is 41.8. The van der Waals surface area contributed by atoms with Crippen molar-refractivity contribution in [3.8, 4) is 0 Å². The van der Waals surface area contributed by atoms with Gasteiger partial charge in [-0.25, -0.2) is 4.39 Å². The maximum Gasteiger partial charge on any atom is 0.272 e. The molecule has 0 saturated heterocycles. The van der Waals surface area contributed by atoms with Crippen molar-refractivity contribution in [2.75, 3.05) is 5.75 Å². The lowest BCUT2D eigenvalue weighted by atomic mass is 10.1. The monoisotopic (exact) mass is 232 g/mol. The molecule has 0 unspecified atom stereocenters. The van der Waals surface area contributed by atoms with E-state index in [0.29, 0.717) is 5.56 Å². The van der Waals surface area contributed by atoms with E-state index in [1.807, 2.05) is 0 Å². The predicted molar refractivity (Wildman–Crippen MR) is 51.5 cm³/mol. The fourth-order valence-electron chi connectivity index (χ4n) is 1.13. The first kappa shape index (κ1) is 11.8. The van der Waals surface area contributed by atoms with Crippen molar-refractivity contribution >= 4 is 15.9 Å². The van der Waals surface area contributed by atoms with Gasteiger partial charge in [-0.15, -0.1) is 0 Å². The van der Waals surface area contributed by atoms with Gasteiger partial charge in [-0.05, 0) is 17.7 Å². The van der Waals surface area contributed by atoms with E-state index in [0.717, 1.165) is 6.07 Å². The van der Waals surface area contributed by atoms with Crippen LogP contribution < -0.4 is 0 Å². The second-order valence-corrected chi connectivity index (χ2v) is 4.52. The molecule has 0 amide bonds. The highest BCUT2D eigenvalue weighted by molar-refractivity contribution is 7.86. The van der Waals surface area contributed by atoms with Crippen LogP contribution in [-0.4, -0.2) is 24.5 Å². The zero-order chi connectivity index (χ0) is 11.5. The maximum absolute atomic E-state index is 12.7. The van der Waals surface area contributed by atoms with Crippen LogP contribution in [0.4, 0.5) is 4.39 Å². The molecule has 1 aromatic carbocycles. The van der Waals surface area contributed by atoms with E-state index in [2.05, 4.69) is 0 Å². The van der Waals surface area contributed by atoms with Crippen LogP contribution in [0.1, 0.15) is 5.56 Å². The Kier molecular flexibility index (Phi) is 3.54. The molecule has 6 heteroatoms. The SMILES string of the molecule is O=C(Cc1cccc(F)c1)CS(=O)(=O)O. The van der Waals surface area contributed by atoms with Crippen molar-refractivity contribution in [1.82, 2.24) is 0 Å². The summed E-state index contributed by atoms with van der Waals surface area (Å²) >= 11 is 0. The molecule has 0 bridgehead atoms. The van der Waals surface area contributed by atoms with Crippen LogP contribution in [0.2, 0.25) is 0 Å². The number of benzene rings is 1. The lowest BCUT2D eigenvalue weighted by Gasteiger charge is -1.99. The molecule has 0 aliphatic carbocycles. The fourth-order valence-corrected chi connectivity index (χ4v) is 1.64. The van der Waals surface area contributed by atoms with E-state index in [9.17, 15) is 17.6 Å². The molecule has 0 aliphatic rings. The Balaban J connectivity index is 2.67. The number of ketones is 1. The number of carbonyl (C=O) groups excluding carboxylic acids is 1. The zero-order valence-corrected chi connectivity index (χ0v) is 8.50. The molecule has 0 aromatic heterocycles. The quantitative estimate of drug-likeness (QED) is 0.780. The van der Waals surface area contributed by atoms with E-state index in [1.165, 1.54) is 18.2 Å². The van der Waals surface area contributed by atoms with Crippen molar-refractivity contribution in [2.45, 2.75) is 6.42 Å². The number of halogens is 1. The molecule has 1 rings (SSSR count). The van der Waals surface area contributed by atoms with E-state index in [1.54, 1.807) is 0 Å². The predicted octanol–water partition coefficient (Wildman–Crippen LogP) is 0.825. The number of hydrogen-bond acceptors (Lipinski definition) is 3. The number of rotatable bonds is 4. The minimum Gasteiger partial charge on any atom is -0.298 e. The van der Waals surface area contributed by atoms with E-state index >= 15 is 0 Å². The molecule has 0 heterocycles. The summed E-state index contributed by atoms with van der Waals surface area (Å²) in [6.07, 6.45) is -0.211. The van der Waals surface area contributed by atoms with Crippen LogP contribution in [0.15, 0.2) is 24.3 Å². The second-order valence-electron chi connectivity index (χ2n) is 3.07. The van der Waals surface area contributed by atoms with E-state index in [4.69, 9.17) is 4.55 Å². The minimum absolute atomic E-state index is 0.211. The number of Topliss-reactive ketones (excluding diaryl/α,β-unsaturated/α-hetero) is 1. The summed E-state index contributed by atoms with van der Waals surface area (Å²) in [5, 5.41) is 0. The molecule has 0 aliphatic heterocycles. The third kappa shape index (κ3) is 4.66. The van der Waals surface area contributed by atoms with Gasteiger partial charge in [0.15, 0.2) is 5.78 Å². The summed E-state index contributed by atoms with van der Waals surface area (Å²) in [6, 6.07) is 5.29. The Bertz CT molecular complexity index is 467. The van der Waals surface area contributed by atoms with Gasteiger partial charge < -0.3 is 0 Å². The van der Waals surface area contributed by atoms with Crippen LogP contribution in [-0.2, 0) is 21.3 Å². The van der Waals surface area contributed by atoms with Crippen molar-refractivity contribution in [2.24, 2.45) is 0 Å². The summed E-state index contributed by atoms with van der Waals surface area (Å²) in [4.78, 5) is 11.1. The Morgan fingerprint density at radius 2 is 2.07 bits per heavy atom. The molecule has 0 fully saturated rings. The highest BCUT2D eigenvalue weighted by Gasteiger charge is 2.13. The van der Waals surface area contributed by atoms with Crippen LogP contribution in [0.25, 0.3) is 0 Å². The molecule has 0 spiro atoms. The van der Waals surface area contributed by atoms with Gasteiger partial charge in [0.1, 0.15) is 11.6 Å². The lowest BCUT2D eigenvalue weighted by Crippen LogP contribution is -2.16. The van der Waals surface area contributed by atoms with Gasteiger partial charge in [-0.1, -0.05) is 12.1 Å². The average Bonchev–Trinajstić information content (AvgIpc) is 1.99. The topological polar surface area (TPSA) is 71.4 Å². The Hall–Kier alpha value is -1.27. The van der Waals surface area contributed by atoms with Crippen molar-refractivity contribution < 1.29 is 22.2 Å². The molecule has 0 saturated carbocycles. The molecule has 0 radical (unpaired) electrons. The number of carbonyl (C=O) groups is 1. The summed E-state index contributed by atoms with van der Waals surface area (Å²) in [5.74, 6) is -2.11. The van der Waals surface area contributed by atoms with Crippen molar-refractivity contribution in [1.29, 1.82) is 0 Å². The standard InChI is InChI=1S/C9H9FO4S/c10-8-3-1-2-7(4-8)5-9(11)6-15(12,13)14/h1-4H,5-6H2,(H,12,13,14). The first-order chi connectivity index (χ1) is 6.87. The summed E-state index contributed by atoms with van der Waals surface area (Å²) in [6.45, 7) is 0. The second kappa shape index (κ2) is 4.50. The van der Waals surface area contributed by atoms with Crippen molar-refractivity contribution in [3.63, 3.8) is 0 Å². The van der Waals surface area contributed by atoms with Gasteiger partial charge in [0, 0.05) is 6.42 Å². The molecule has 4 nitrogen and oxygen atoms in total. The Labute approximate surface area is 86.5 Å². The third-order valence-electron chi connectivity index (χ3n) is 1.63.